The van der Waals surface area contributed by atoms with Crippen LogP contribution in [0.5, 0.6) is 0 Å². The van der Waals surface area contributed by atoms with E-state index in [0.717, 1.165) is 11.3 Å². The van der Waals surface area contributed by atoms with Gasteiger partial charge in [-0.15, -0.1) is 0 Å². The Morgan fingerprint density at radius 1 is 1.04 bits per heavy atom. The number of halogens is 3. The van der Waals surface area contributed by atoms with E-state index in [9.17, 15) is 18.0 Å². The molecule has 2 aromatic heterocycles. The molecule has 0 spiro atoms. The average molecular weight is 371 g/mol. The lowest BCUT2D eigenvalue weighted by molar-refractivity contribution is -0.174. The van der Waals surface area contributed by atoms with E-state index in [0.29, 0.717) is 22.6 Å². The number of carbonyl (C=O) groups excluding carboxylic acids is 1. The Bertz CT molecular complexity index is 965. The molecule has 0 fully saturated rings. The molecule has 4 rings (SSSR count). The minimum absolute atomic E-state index is 0.237. The number of nitrogens with zero attached hydrogens (tertiary/aromatic N) is 1. The number of hydrogen-bond donors (Lipinski definition) is 2. The van der Waals surface area contributed by atoms with E-state index in [2.05, 4.69) is 15.3 Å². The number of carbonyl (C=O) groups is 1. The first-order chi connectivity index (χ1) is 12.9. The van der Waals surface area contributed by atoms with Crippen molar-refractivity contribution < 1.29 is 18.0 Å². The van der Waals surface area contributed by atoms with Gasteiger partial charge in [-0.3, -0.25) is 9.78 Å². The molecule has 138 valence electrons. The SMILES string of the molecule is O=C1CC(C(F)(F)F)Cc2[nH]c(-c3ccncc3)c(Nc3ccccc3)c21. The van der Waals surface area contributed by atoms with Gasteiger partial charge < -0.3 is 10.3 Å². The van der Waals surface area contributed by atoms with Gasteiger partial charge in [0.15, 0.2) is 5.78 Å². The number of fused-ring (bicyclic) bond motifs is 1. The standard InChI is InChI=1S/C20H16F3N3O/c21-20(22,23)13-10-15-17(16(27)11-13)19(25-14-4-2-1-3-5-14)18(26-15)12-6-8-24-9-7-12/h1-9,13,25-26H,10-11H2. The zero-order valence-electron chi connectivity index (χ0n) is 14.2. The van der Waals surface area contributed by atoms with E-state index >= 15 is 0 Å². The number of nitrogens with one attached hydrogen (secondary N) is 2. The first kappa shape index (κ1) is 17.3. The third kappa shape index (κ3) is 3.32. The smallest absolute Gasteiger partial charge is 0.356 e. The maximum Gasteiger partial charge on any atom is 0.392 e. The van der Waals surface area contributed by atoms with E-state index in [1.165, 1.54) is 0 Å². The average Bonchev–Trinajstić information content (AvgIpc) is 3.01. The van der Waals surface area contributed by atoms with Crippen LogP contribution >= 0.6 is 0 Å². The summed E-state index contributed by atoms with van der Waals surface area (Å²) >= 11 is 0. The Morgan fingerprint density at radius 2 is 1.74 bits per heavy atom. The molecule has 4 nitrogen and oxygen atoms in total. The van der Waals surface area contributed by atoms with E-state index in [1.54, 1.807) is 24.5 Å². The molecule has 0 saturated heterocycles. The molecule has 0 saturated carbocycles. The highest BCUT2D eigenvalue weighted by atomic mass is 19.4. The third-order valence-corrected chi connectivity index (χ3v) is 4.71. The second kappa shape index (κ2) is 6.57. The molecule has 1 aliphatic rings. The van der Waals surface area contributed by atoms with Crippen LogP contribution in [-0.4, -0.2) is 21.9 Å². The van der Waals surface area contributed by atoms with Gasteiger partial charge in [0, 0.05) is 42.2 Å². The molecule has 7 heteroatoms. The minimum atomic E-state index is -4.40. The van der Waals surface area contributed by atoms with E-state index in [1.807, 2.05) is 30.3 Å². The Balaban J connectivity index is 1.84. The second-order valence-electron chi connectivity index (χ2n) is 6.53. The molecule has 3 aromatic rings. The number of ketones is 1. The third-order valence-electron chi connectivity index (χ3n) is 4.71. The topological polar surface area (TPSA) is 57.8 Å². The number of rotatable bonds is 3. The lowest BCUT2D eigenvalue weighted by atomic mass is 9.86. The van der Waals surface area contributed by atoms with Gasteiger partial charge in [-0.1, -0.05) is 18.2 Å². The lowest BCUT2D eigenvalue weighted by Gasteiger charge is -2.24. The molecule has 0 amide bonds. The Labute approximate surface area is 153 Å². The summed E-state index contributed by atoms with van der Waals surface area (Å²) in [6, 6.07) is 12.7. The maximum absolute atomic E-state index is 13.2. The summed E-state index contributed by atoms with van der Waals surface area (Å²) in [5.41, 5.74) is 3.22. The van der Waals surface area contributed by atoms with E-state index in [-0.39, 0.29) is 6.42 Å². The maximum atomic E-state index is 13.2. The van der Waals surface area contributed by atoms with Gasteiger partial charge in [0.05, 0.1) is 22.9 Å². The van der Waals surface area contributed by atoms with Crippen LogP contribution in [0.3, 0.4) is 0 Å². The fraction of sp³-hybridized carbons (Fsp3) is 0.200. The number of aromatic amines is 1. The van der Waals surface area contributed by atoms with Crippen molar-refractivity contribution in [3.63, 3.8) is 0 Å². The number of alkyl halides is 3. The highest BCUT2D eigenvalue weighted by Gasteiger charge is 2.45. The van der Waals surface area contributed by atoms with Crippen LogP contribution in [0, 0.1) is 5.92 Å². The van der Waals surface area contributed by atoms with Gasteiger partial charge in [0.25, 0.3) is 0 Å². The number of pyridine rings is 1. The largest absolute Gasteiger partial charge is 0.392 e. The number of benzene rings is 1. The minimum Gasteiger partial charge on any atom is -0.356 e. The lowest BCUT2D eigenvalue weighted by Crippen LogP contribution is -2.31. The van der Waals surface area contributed by atoms with Gasteiger partial charge >= 0.3 is 6.18 Å². The van der Waals surface area contributed by atoms with Crippen LogP contribution in [0.15, 0.2) is 54.9 Å². The van der Waals surface area contributed by atoms with E-state index < -0.39 is 24.3 Å². The predicted octanol–water partition coefficient (Wildman–Crippen LogP) is 5.13. The first-order valence-electron chi connectivity index (χ1n) is 8.50. The monoisotopic (exact) mass is 371 g/mol. The second-order valence-corrected chi connectivity index (χ2v) is 6.53. The van der Waals surface area contributed by atoms with Crippen molar-refractivity contribution in [2.75, 3.05) is 5.32 Å². The van der Waals surface area contributed by atoms with Gasteiger partial charge in [-0.2, -0.15) is 13.2 Å². The molecule has 1 aliphatic carbocycles. The molecule has 0 aliphatic heterocycles. The highest BCUT2D eigenvalue weighted by molar-refractivity contribution is 6.07. The molecule has 0 radical (unpaired) electrons. The van der Waals surface area contributed by atoms with Crippen LogP contribution in [0.1, 0.15) is 22.5 Å². The molecular weight excluding hydrogens is 355 g/mol. The number of para-hydroxylation sites is 1. The quantitative estimate of drug-likeness (QED) is 0.671. The zero-order chi connectivity index (χ0) is 19.0. The van der Waals surface area contributed by atoms with Gasteiger partial charge in [-0.05, 0) is 24.3 Å². The van der Waals surface area contributed by atoms with Crippen LogP contribution in [0.25, 0.3) is 11.3 Å². The predicted molar refractivity (Wildman–Crippen MR) is 95.9 cm³/mol. The number of H-pyrrole nitrogens is 1. The molecular formula is C20H16F3N3O. The molecule has 27 heavy (non-hydrogen) atoms. The number of anilines is 2. The van der Waals surface area contributed by atoms with Crippen molar-refractivity contribution in [3.8, 4) is 11.3 Å². The fourth-order valence-corrected chi connectivity index (χ4v) is 3.41. The van der Waals surface area contributed by atoms with Crippen molar-refractivity contribution in [1.82, 2.24) is 9.97 Å². The summed E-state index contributed by atoms with van der Waals surface area (Å²) in [4.78, 5) is 19.7. The van der Waals surface area contributed by atoms with Crippen molar-refractivity contribution in [3.05, 3.63) is 66.1 Å². The van der Waals surface area contributed by atoms with Crippen LogP contribution < -0.4 is 5.32 Å². The Kier molecular flexibility index (Phi) is 4.22. The zero-order valence-corrected chi connectivity index (χ0v) is 14.2. The molecule has 1 atom stereocenters. The summed E-state index contributed by atoms with van der Waals surface area (Å²) in [6.45, 7) is 0. The van der Waals surface area contributed by atoms with Crippen molar-refractivity contribution >= 4 is 17.2 Å². The molecule has 2 N–H and O–H groups in total. The van der Waals surface area contributed by atoms with Crippen LogP contribution in [0.4, 0.5) is 24.5 Å². The van der Waals surface area contributed by atoms with Crippen molar-refractivity contribution in [2.24, 2.45) is 5.92 Å². The molecule has 2 heterocycles. The highest BCUT2D eigenvalue weighted by Crippen LogP contribution is 2.43. The normalized spacial score (nSPS) is 16.9. The number of Topliss-reactive ketones (excluding diaryl/α,β-unsaturated/α-hetero) is 1. The number of aromatic nitrogens is 2. The fourth-order valence-electron chi connectivity index (χ4n) is 3.41. The Morgan fingerprint density at radius 3 is 2.41 bits per heavy atom. The molecule has 1 aromatic carbocycles. The van der Waals surface area contributed by atoms with Crippen molar-refractivity contribution in [2.45, 2.75) is 19.0 Å². The van der Waals surface area contributed by atoms with Crippen LogP contribution in [-0.2, 0) is 6.42 Å². The van der Waals surface area contributed by atoms with Crippen LogP contribution in [0.2, 0.25) is 0 Å². The summed E-state index contributed by atoms with van der Waals surface area (Å²) < 4.78 is 39.6. The summed E-state index contributed by atoms with van der Waals surface area (Å²) in [5, 5.41) is 3.21. The first-order valence-corrected chi connectivity index (χ1v) is 8.50. The molecule has 1 unspecified atom stereocenters. The van der Waals surface area contributed by atoms with E-state index in [4.69, 9.17) is 0 Å². The van der Waals surface area contributed by atoms with Gasteiger partial charge in [0.2, 0.25) is 0 Å². The summed E-state index contributed by atoms with van der Waals surface area (Å²) in [5.74, 6) is -2.17. The van der Waals surface area contributed by atoms with Crippen molar-refractivity contribution in [1.29, 1.82) is 0 Å². The summed E-state index contributed by atoms with van der Waals surface area (Å²) in [7, 11) is 0. The number of hydrogen-bond acceptors (Lipinski definition) is 3. The van der Waals surface area contributed by atoms with Gasteiger partial charge in [0.1, 0.15) is 0 Å². The summed E-state index contributed by atoms with van der Waals surface area (Å²) in [6.07, 6.45) is -1.97. The Hall–Kier alpha value is -3.09. The van der Waals surface area contributed by atoms with Gasteiger partial charge in [-0.25, -0.2) is 0 Å². The molecule has 0 bridgehead atoms.